The summed E-state index contributed by atoms with van der Waals surface area (Å²) in [6.07, 6.45) is 0.182. The summed E-state index contributed by atoms with van der Waals surface area (Å²) < 4.78 is 30.2. The Kier molecular flexibility index (Phi) is 3.62. The molecule has 0 spiro atoms. The lowest BCUT2D eigenvalue weighted by Crippen LogP contribution is -2.04. The molecule has 0 saturated carbocycles. The van der Waals surface area contributed by atoms with E-state index in [0.29, 0.717) is 11.1 Å². The number of hydrogen-bond donors (Lipinski definition) is 1. The summed E-state index contributed by atoms with van der Waals surface area (Å²) in [5, 5.41) is 0. The minimum Gasteiger partial charge on any atom is -0.294 e. The fourth-order valence-corrected chi connectivity index (χ4v) is 1.60. The van der Waals surface area contributed by atoms with E-state index in [9.17, 15) is 13.2 Å². The maximum Gasteiger partial charge on any atom is 0.294 e. The Morgan fingerprint density at radius 1 is 1.31 bits per heavy atom. The maximum atomic E-state index is 11.3. The van der Waals surface area contributed by atoms with E-state index in [4.69, 9.17) is 4.55 Å². The van der Waals surface area contributed by atoms with E-state index in [2.05, 4.69) is 6.58 Å². The van der Waals surface area contributed by atoms with E-state index in [-0.39, 0.29) is 17.1 Å². The number of benzene rings is 1. The molecule has 5 heteroatoms. The lowest BCUT2D eigenvalue weighted by atomic mass is 10.1. The van der Waals surface area contributed by atoms with E-state index >= 15 is 0 Å². The summed E-state index contributed by atoms with van der Waals surface area (Å²) in [6.45, 7) is 5.14. The lowest BCUT2D eigenvalue weighted by Gasteiger charge is -2.01. The van der Waals surface area contributed by atoms with Crippen molar-refractivity contribution in [1.29, 1.82) is 0 Å². The standard InChI is InChI=1S/C11H12O4S/c1-8(2)11(12)7-9-3-5-10(6-4-9)16(13,14)15/h3-6H,1,7H2,2H3,(H,13,14,15). The van der Waals surface area contributed by atoms with Crippen LogP contribution < -0.4 is 0 Å². The van der Waals surface area contributed by atoms with Gasteiger partial charge in [0.15, 0.2) is 5.78 Å². The van der Waals surface area contributed by atoms with E-state index in [1.54, 1.807) is 6.92 Å². The van der Waals surface area contributed by atoms with Crippen LogP contribution in [0, 0.1) is 0 Å². The van der Waals surface area contributed by atoms with E-state index < -0.39 is 10.1 Å². The van der Waals surface area contributed by atoms with Gasteiger partial charge in [0.05, 0.1) is 4.90 Å². The Bertz CT molecular complexity index is 511. The first kappa shape index (κ1) is 12.6. The molecule has 0 atom stereocenters. The summed E-state index contributed by atoms with van der Waals surface area (Å²) >= 11 is 0. The highest BCUT2D eigenvalue weighted by molar-refractivity contribution is 7.85. The number of rotatable bonds is 4. The van der Waals surface area contributed by atoms with Crippen LogP contribution in [-0.4, -0.2) is 18.8 Å². The van der Waals surface area contributed by atoms with Crippen molar-refractivity contribution >= 4 is 15.9 Å². The first-order valence-electron chi connectivity index (χ1n) is 4.56. The number of carbonyl (C=O) groups is 1. The van der Waals surface area contributed by atoms with Crippen LogP contribution in [0.1, 0.15) is 12.5 Å². The molecule has 0 saturated heterocycles. The van der Waals surface area contributed by atoms with Crippen molar-refractivity contribution < 1.29 is 17.8 Å². The third-order valence-corrected chi connectivity index (χ3v) is 2.93. The van der Waals surface area contributed by atoms with Gasteiger partial charge in [-0.05, 0) is 30.2 Å². The van der Waals surface area contributed by atoms with Gasteiger partial charge in [-0.25, -0.2) is 0 Å². The second kappa shape index (κ2) is 4.59. The van der Waals surface area contributed by atoms with Gasteiger partial charge < -0.3 is 0 Å². The number of allylic oxidation sites excluding steroid dienone is 1. The molecule has 86 valence electrons. The van der Waals surface area contributed by atoms with Gasteiger partial charge in [-0.3, -0.25) is 9.35 Å². The molecule has 0 aromatic heterocycles. The normalized spacial score (nSPS) is 11.1. The molecule has 0 unspecified atom stereocenters. The minimum absolute atomic E-state index is 0.0976. The van der Waals surface area contributed by atoms with Gasteiger partial charge in [-0.2, -0.15) is 8.42 Å². The molecule has 0 aliphatic heterocycles. The molecule has 16 heavy (non-hydrogen) atoms. The number of Topliss-reactive ketones (excluding diaryl/α,β-unsaturated/α-hetero) is 1. The van der Waals surface area contributed by atoms with Gasteiger partial charge in [-0.1, -0.05) is 18.7 Å². The van der Waals surface area contributed by atoms with Crippen LogP contribution in [-0.2, 0) is 21.3 Å². The van der Waals surface area contributed by atoms with Gasteiger partial charge in [-0.15, -0.1) is 0 Å². The SMILES string of the molecule is C=C(C)C(=O)Cc1ccc(S(=O)(=O)O)cc1. The quantitative estimate of drug-likeness (QED) is 0.641. The van der Waals surface area contributed by atoms with Gasteiger partial charge >= 0.3 is 0 Å². The smallest absolute Gasteiger partial charge is 0.294 e. The zero-order chi connectivity index (χ0) is 12.3. The molecule has 0 radical (unpaired) electrons. The zero-order valence-corrected chi connectivity index (χ0v) is 9.62. The molecule has 1 N–H and O–H groups in total. The topological polar surface area (TPSA) is 71.4 Å². The van der Waals surface area contributed by atoms with Gasteiger partial charge in [0.25, 0.3) is 10.1 Å². The Morgan fingerprint density at radius 3 is 2.19 bits per heavy atom. The molecular formula is C11H12O4S. The molecule has 0 aliphatic rings. The molecule has 1 aromatic rings. The van der Waals surface area contributed by atoms with Crippen molar-refractivity contribution in [2.45, 2.75) is 18.2 Å². The first-order chi connectivity index (χ1) is 7.30. The second-order valence-corrected chi connectivity index (χ2v) is 4.92. The largest absolute Gasteiger partial charge is 0.294 e. The lowest BCUT2D eigenvalue weighted by molar-refractivity contribution is -0.114. The minimum atomic E-state index is -4.17. The molecule has 4 nitrogen and oxygen atoms in total. The van der Waals surface area contributed by atoms with Crippen molar-refractivity contribution in [3.63, 3.8) is 0 Å². The molecule has 0 bridgehead atoms. The summed E-state index contributed by atoms with van der Waals surface area (Å²) in [7, 11) is -4.17. The molecule has 1 rings (SSSR count). The zero-order valence-electron chi connectivity index (χ0n) is 8.80. The summed E-state index contributed by atoms with van der Waals surface area (Å²) in [5.41, 5.74) is 1.14. The molecule has 0 aliphatic carbocycles. The van der Waals surface area contributed by atoms with Crippen molar-refractivity contribution in [3.05, 3.63) is 42.0 Å². The summed E-state index contributed by atoms with van der Waals surface area (Å²) in [5.74, 6) is -0.0976. The fraction of sp³-hybridized carbons (Fsp3) is 0.182. The van der Waals surface area contributed by atoms with E-state index in [1.165, 1.54) is 24.3 Å². The Hall–Kier alpha value is -1.46. The number of hydrogen-bond acceptors (Lipinski definition) is 3. The van der Waals surface area contributed by atoms with Crippen molar-refractivity contribution in [2.75, 3.05) is 0 Å². The monoisotopic (exact) mass is 240 g/mol. The fourth-order valence-electron chi connectivity index (χ4n) is 1.12. The number of carbonyl (C=O) groups excluding carboxylic acids is 1. The van der Waals surface area contributed by atoms with Crippen molar-refractivity contribution in [1.82, 2.24) is 0 Å². The summed E-state index contributed by atoms with van der Waals surface area (Å²) in [6, 6.07) is 5.50. The molecule has 0 amide bonds. The highest BCUT2D eigenvalue weighted by Crippen LogP contribution is 2.11. The van der Waals surface area contributed by atoms with Gasteiger partial charge in [0, 0.05) is 6.42 Å². The van der Waals surface area contributed by atoms with Gasteiger partial charge in [0.1, 0.15) is 0 Å². The van der Waals surface area contributed by atoms with Crippen LogP contribution in [0.5, 0.6) is 0 Å². The predicted octanol–water partition coefficient (Wildman–Crippen LogP) is 1.62. The highest BCUT2D eigenvalue weighted by Gasteiger charge is 2.09. The third-order valence-electron chi connectivity index (χ3n) is 2.06. The van der Waals surface area contributed by atoms with Crippen LogP contribution >= 0.6 is 0 Å². The van der Waals surface area contributed by atoms with E-state index in [0.717, 1.165) is 0 Å². The van der Waals surface area contributed by atoms with Crippen LogP contribution in [0.2, 0.25) is 0 Å². The molecular weight excluding hydrogens is 228 g/mol. The third kappa shape index (κ3) is 3.29. The Balaban J connectivity index is 2.88. The van der Waals surface area contributed by atoms with Crippen LogP contribution in [0.4, 0.5) is 0 Å². The average molecular weight is 240 g/mol. The highest BCUT2D eigenvalue weighted by atomic mass is 32.2. The predicted molar refractivity (Wildman–Crippen MR) is 59.8 cm³/mol. The molecule has 0 fully saturated rings. The average Bonchev–Trinajstić information content (AvgIpc) is 2.17. The second-order valence-electron chi connectivity index (χ2n) is 3.50. The first-order valence-corrected chi connectivity index (χ1v) is 6.00. The van der Waals surface area contributed by atoms with Crippen molar-refractivity contribution in [3.8, 4) is 0 Å². The number of ketones is 1. The Labute approximate surface area is 94.4 Å². The molecule has 1 aromatic carbocycles. The van der Waals surface area contributed by atoms with Crippen LogP contribution in [0.15, 0.2) is 41.3 Å². The van der Waals surface area contributed by atoms with Crippen LogP contribution in [0.25, 0.3) is 0 Å². The maximum absolute atomic E-state index is 11.3. The van der Waals surface area contributed by atoms with E-state index in [1.807, 2.05) is 0 Å². The Morgan fingerprint density at radius 2 is 1.81 bits per heavy atom. The summed E-state index contributed by atoms with van der Waals surface area (Å²) in [4.78, 5) is 11.1. The van der Waals surface area contributed by atoms with Crippen LogP contribution in [0.3, 0.4) is 0 Å². The molecule has 0 heterocycles. The van der Waals surface area contributed by atoms with Gasteiger partial charge in [0.2, 0.25) is 0 Å². The van der Waals surface area contributed by atoms with Crippen molar-refractivity contribution in [2.24, 2.45) is 0 Å².